The van der Waals surface area contributed by atoms with Gasteiger partial charge in [0.15, 0.2) is 0 Å². The van der Waals surface area contributed by atoms with Gasteiger partial charge in [-0.15, -0.1) is 23.2 Å². The second-order valence-corrected chi connectivity index (χ2v) is 19.5. The first-order valence-corrected chi connectivity index (χ1v) is 22.4. The summed E-state index contributed by atoms with van der Waals surface area (Å²) in [6, 6.07) is -0.0961. The van der Waals surface area contributed by atoms with Crippen molar-refractivity contribution in [2.45, 2.75) is 177 Å². The van der Waals surface area contributed by atoms with E-state index in [-0.39, 0.29) is 40.6 Å². The first-order chi connectivity index (χ1) is 25.1. The molecule has 0 aromatic heterocycles. The van der Waals surface area contributed by atoms with Gasteiger partial charge in [0.1, 0.15) is 0 Å². The molecule has 6 aliphatic carbocycles. The van der Waals surface area contributed by atoms with Crippen LogP contribution in [0.4, 0.5) is 0 Å². The number of alkyl halides is 2. The molecule has 0 aromatic carbocycles. The minimum atomic E-state index is -0.831. The fourth-order valence-corrected chi connectivity index (χ4v) is 12.7. The van der Waals surface area contributed by atoms with Crippen molar-refractivity contribution in [3.63, 3.8) is 0 Å². The highest BCUT2D eigenvalue weighted by Crippen LogP contribution is 2.44. The number of hydrogen-bond acceptors (Lipinski definition) is 5. The van der Waals surface area contributed by atoms with Crippen molar-refractivity contribution < 1.29 is 29.4 Å². The Balaban J connectivity index is 0.895. The number of halogens is 2. The second kappa shape index (κ2) is 19.7. The molecule has 8 nitrogen and oxygen atoms in total. The molecule has 4 N–H and O–H groups in total. The number of amides is 1. The summed E-state index contributed by atoms with van der Waals surface area (Å²) in [6.07, 6.45) is 25.9. The normalized spacial score (nSPS) is 39.8. The Morgan fingerprint density at radius 2 is 1.06 bits per heavy atom. The van der Waals surface area contributed by atoms with Gasteiger partial charge in [-0.05, 0) is 125 Å². The first-order valence-electron chi connectivity index (χ1n) is 21.6. The molecule has 0 saturated heterocycles. The second-order valence-electron chi connectivity index (χ2n) is 18.4. The molecule has 0 spiro atoms. The Morgan fingerprint density at radius 1 is 0.538 bits per heavy atom. The molecule has 6 saturated carbocycles. The molecule has 0 aromatic rings. The van der Waals surface area contributed by atoms with Crippen LogP contribution in [-0.2, 0) is 19.2 Å². The minimum Gasteiger partial charge on any atom is -0.481 e. The van der Waals surface area contributed by atoms with Crippen LogP contribution in [0.1, 0.15) is 154 Å². The van der Waals surface area contributed by atoms with E-state index in [1.54, 1.807) is 0 Å². The maximum absolute atomic E-state index is 13.5. The zero-order chi connectivity index (χ0) is 36.6. The zero-order valence-corrected chi connectivity index (χ0v) is 33.1. The lowest BCUT2D eigenvalue weighted by Crippen LogP contribution is -2.50. The summed E-state index contributed by atoms with van der Waals surface area (Å²) in [4.78, 5) is 44.1. The summed E-state index contributed by atoms with van der Waals surface area (Å²) in [6.45, 7) is 0.412. The number of hydroxylamine groups is 1. The van der Waals surface area contributed by atoms with Gasteiger partial charge in [0.25, 0.3) is 0 Å². The average Bonchev–Trinajstić information content (AvgIpc) is 3.14. The number of aliphatic carboxylic acids is 2. The van der Waals surface area contributed by atoms with Crippen molar-refractivity contribution >= 4 is 41.0 Å². The molecular weight excluding hydrogens is 699 g/mol. The predicted molar refractivity (Wildman–Crippen MR) is 205 cm³/mol. The maximum Gasteiger partial charge on any atom is 0.307 e. The largest absolute Gasteiger partial charge is 0.481 e. The van der Waals surface area contributed by atoms with E-state index < -0.39 is 23.8 Å². The van der Waals surface area contributed by atoms with Gasteiger partial charge in [-0.2, -0.15) is 5.48 Å². The highest BCUT2D eigenvalue weighted by Gasteiger charge is 2.43. The summed E-state index contributed by atoms with van der Waals surface area (Å²) < 4.78 is 0. The third kappa shape index (κ3) is 11.0. The molecule has 0 radical (unpaired) electrons. The van der Waals surface area contributed by atoms with E-state index in [2.05, 4.69) is 10.8 Å². The molecule has 6 fully saturated rings. The quantitative estimate of drug-likeness (QED) is 0.109. The molecule has 12 atom stereocenters. The van der Waals surface area contributed by atoms with E-state index in [1.807, 2.05) is 0 Å². The van der Waals surface area contributed by atoms with Crippen LogP contribution in [0.2, 0.25) is 0 Å². The molecule has 0 bridgehead atoms. The third-order valence-corrected chi connectivity index (χ3v) is 15.9. The standard InChI is InChI=1S/C42H68Cl2N2O6/c43-36-23-30(14-17-38(36)45-40(47)33-16-12-29(22-35(33)42(50)51)20-27-9-5-2-6-10-27)31-15-18-39(37(44)24-31)46-52-25-32-13-11-28(21-34(32)41(48)49)19-26-7-3-1-4-8-26/h26-39,46H,1-25H2,(H,45,47)(H,48,49)(H,50,51). The van der Waals surface area contributed by atoms with E-state index in [4.69, 9.17) is 28.0 Å². The van der Waals surface area contributed by atoms with Crippen LogP contribution in [0.3, 0.4) is 0 Å². The van der Waals surface area contributed by atoms with Crippen molar-refractivity contribution in [2.24, 2.45) is 59.2 Å². The smallest absolute Gasteiger partial charge is 0.307 e. The summed E-state index contributed by atoms with van der Waals surface area (Å²) >= 11 is 13.9. The molecular formula is C42H68Cl2N2O6. The van der Waals surface area contributed by atoms with Crippen LogP contribution in [0.15, 0.2) is 0 Å². The van der Waals surface area contributed by atoms with Gasteiger partial charge in [0, 0.05) is 12.1 Å². The van der Waals surface area contributed by atoms with Crippen molar-refractivity contribution in [3.8, 4) is 0 Å². The van der Waals surface area contributed by atoms with Crippen LogP contribution in [0, 0.1) is 59.2 Å². The molecule has 10 heteroatoms. The van der Waals surface area contributed by atoms with Gasteiger partial charge in [0.2, 0.25) is 5.91 Å². The number of rotatable bonds is 13. The van der Waals surface area contributed by atoms with Crippen LogP contribution < -0.4 is 10.8 Å². The van der Waals surface area contributed by atoms with Crippen LogP contribution >= 0.6 is 23.2 Å². The SMILES string of the molecule is O=C(O)C1CC(CC2CCCCC2)CCC1CONC1CCC(C2CCC(NC(=O)C3CCC(CC4CCCCC4)CC3C(=O)O)C(Cl)C2)CC1Cl. The van der Waals surface area contributed by atoms with Gasteiger partial charge in [-0.3, -0.25) is 14.4 Å². The topological polar surface area (TPSA) is 125 Å². The van der Waals surface area contributed by atoms with Gasteiger partial charge >= 0.3 is 11.9 Å². The van der Waals surface area contributed by atoms with Crippen LogP contribution in [-0.4, -0.2) is 57.5 Å². The first kappa shape index (κ1) is 40.6. The van der Waals surface area contributed by atoms with E-state index in [0.29, 0.717) is 43.1 Å². The number of carbonyl (C=O) groups is 3. The highest BCUT2D eigenvalue weighted by molar-refractivity contribution is 6.21. The summed E-state index contributed by atoms with van der Waals surface area (Å²) in [5.41, 5.74) is 3.24. The van der Waals surface area contributed by atoms with E-state index in [1.165, 1.54) is 70.6 Å². The van der Waals surface area contributed by atoms with Gasteiger partial charge in [0.05, 0.1) is 35.1 Å². The molecule has 296 valence electrons. The highest BCUT2D eigenvalue weighted by atomic mass is 35.5. The lowest BCUT2D eigenvalue weighted by atomic mass is 9.69. The fraction of sp³-hybridized carbons (Fsp3) is 0.929. The van der Waals surface area contributed by atoms with Crippen LogP contribution in [0.25, 0.3) is 0 Å². The van der Waals surface area contributed by atoms with E-state index in [0.717, 1.165) is 82.5 Å². The minimum absolute atomic E-state index is 0.0327. The van der Waals surface area contributed by atoms with Gasteiger partial charge in [-0.1, -0.05) is 70.6 Å². The van der Waals surface area contributed by atoms with E-state index >= 15 is 0 Å². The predicted octanol–water partition coefficient (Wildman–Crippen LogP) is 9.35. The number of carboxylic acid groups (broad SMARTS) is 2. The Morgan fingerprint density at radius 3 is 1.60 bits per heavy atom. The number of carbonyl (C=O) groups excluding carboxylic acids is 1. The summed E-state index contributed by atoms with van der Waals surface area (Å²) in [7, 11) is 0. The van der Waals surface area contributed by atoms with Gasteiger partial charge in [-0.25, -0.2) is 0 Å². The number of nitrogens with one attached hydrogen (secondary N) is 2. The Bertz CT molecular complexity index is 1160. The molecule has 6 aliphatic rings. The number of carboxylic acids is 2. The van der Waals surface area contributed by atoms with Crippen molar-refractivity contribution in [1.82, 2.24) is 10.8 Å². The zero-order valence-electron chi connectivity index (χ0n) is 31.5. The molecule has 52 heavy (non-hydrogen) atoms. The molecule has 1 amide bonds. The Labute approximate surface area is 323 Å². The van der Waals surface area contributed by atoms with E-state index in [9.17, 15) is 24.6 Å². The van der Waals surface area contributed by atoms with Crippen molar-refractivity contribution in [3.05, 3.63) is 0 Å². The lowest BCUT2D eigenvalue weighted by molar-refractivity contribution is -0.150. The fourth-order valence-electron chi connectivity index (χ4n) is 11.9. The Kier molecular flexibility index (Phi) is 15.3. The molecule has 12 unspecified atom stereocenters. The van der Waals surface area contributed by atoms with Crippen LogP contribution in [0.5, 0.6) is 0 Å². The van der Waals surface area contributed by atoms with Gasteiger partial charge < -0.3 is 20.4 Å². The van der Waals surface area contributed by atoms with Crippen molar-refractivity contribution in [1.29, 1.82) is 0 Å². The lowest BCUT2D eigenvalue weighted by Gasteiger charge is -2.42. The molecule has 0 heterocycles. The Hall–Kier alpha value is -1.09. The molecule has 6 rings (SSSR count). The summed E-state index contributed by atoms with van der Waals surface area (Å²) in [5.74, 6) is 0.352. The molecule has 0 aliphatic heterocycles. The number of hydrogen-bond donors (Lipinski definition) is 4. The third-order valence-electron chi connectivity index (χ3n) is 15.0. The maximum atomic E-state index is 13.5. The van der Waals surface area contributed by atoms with Crippen molar-refractivity contribution in [2.75, 3.05) is 6.61 Å². The summed E-state index contributed by atoms with van der Waals surface area (Å²) in [5, 5.41) is 23.1. The average molecular weight is 768 g/mol. The monoisotopic (exact) mass is 766 g/mol.